The summed E-state index contributed by atoms with van der Waals surface area (Å²) < 4.78 is 54.3. The first-order valence-corrected chi connectivity index (χ1v) is 4.91. The first-order valence-electron chi connectivity index (χ1n) is 4.91. The van der Waals surface area contributed by atoms with Crippen molar-refractivity contribution in [3.8, 4) is 11.4 Å². The third kappa shape index (κ3) is 2.79. The molecule has 2 aromatic rings. The summed E-state index contributed by atoms with van der Waals surface area (Å²) in [7, 11) is 0. The van der Waals surface area contributed by atoms with Crippen molar-refractivity contribution in [2.24, 2.45) is 0 Å². The molecule has 0 N–H and O–H groups in total. The number of alkyl halides is 3. The topological polar surface area (TPSA) is 27.1 Å². The molecule has 1 aromatic heterocycles. The fourth-order valence-corrected chi connectivity index (χ4v) is 1.42. The monoisotopic (exact) mass is 260 g/mol. The first kappa shape index (κ1) is 12.4. The summed E-state index contributed by atoms with van der Waals surface area (Å²) in [5.74, 6) is -1.95. The summed E-state index contributed by atoms with van der Waals surface area (Å²) in [5.41, 5.74) is 1.08. The maximum Gasteiger partial charge on any atom is 0.573 e. The van der Waals surface area contributed by atoms with E-state index in [-0.39, 0.29) is 0 Å². The van der Waals surface area contributed by atoms with Gasteiger partial charge >= 0.3 is 6.36 Å². The number of aromatic nitrogens is 2. The summed E-state index contributed by atoms with van der Waals surface area (Å²) >= 11 is 0. The minimum atomic E-state index is -4.91. The van der Waals surface area contributed by atoms with Gasteiger partial charge in [-0.3, -0.25) is 0 Å². The summed E-state index contributed by atoms with van der Waals surface area (Å²) in [6, 6.07) is 3.18. The fraction of sp³-hybridized carbons (Fsp3) is 0.182. The molecule has 0 aliphatic rings. The molecule has 0 bridgehead atoms. The number of imidazole rings is 1. The van der Waals surface area contributed by atoms with E-state index in [9.17, 15) is 17.6 Å². The molecular weight excluding hydrogens is 252 g/mol. The second-order valence-corrected chi connectivity index (χ2v) is 3.58. The van der Waals surface area contributed by atoms with Gasteiger partial charge in [-0.2, -0.15) is 0 Å². The highest BCUT2D eigenvalue weighted by Crippen LogP contribution is 2.27. The molecule has 0 fully saturated rings. The third-order valence-corrected chi connectivity index (χ3v) is 2.15. The lowest BCUT2D eigenvalue weighted by Gasteiger charge is -2.10. The molecule has 0 aliphatic heterocycles. The van der Waals surface area contributed by atoms with Crippen LogP contribution in [-0.4, -0.2) is 15.9 Å². The van der Waals surface area contributed by atoms with Gasteiger partial charge in [0.25, 0.3) is 0 Å². The number of rotatable bonds is 2. The Morgan fingerprint density at radius 1 is 1.28 bits per heavy atom. The van der Waals surface area contributed by atoms with E-state index in [0.29, 0.717) is 11.4 Å². The van der Waals surface area contributed by atoms with Crippen LogP contribution >= 0.6 is 0 Å². The molecule has 0 unspecified atom stereocenters. The minimum Gasteiger partial charge on any atom is -0.403 e. The molecule has 0 atom stereocenters. The van der Waals surface area contributed by atoms with Gasteiger partial charge in [0.15, 0.2) is 11.6 Å². The number of nitrogens with zero attached hydrogens (tertiary/aromatic N) is 2. The van der Waals surface area contributed by atoms with E-state index in [1.807, 2.05) is 0 Å². The van der Waals surface area contributed by atoms with Crippen LogP contribution in [0.15, 0.2) is 30.7 Å². The van der Waals surface area contributed by atoms with Crippen molar-refractivity contribution in [1.82, 2.24) is 9.55 Å². The van der Waals surface area contributed by atoms with E-state index in [1.165, 1.54) is 17.0 Å². The van der Waals surface area contributed by atoms with Crippen molar-refractivity contribution in [3.63, 3.8) is 0 Å². The van der Waals surface area contributed by atoms with E-state index >= 15 is 0 Å². The smallest absolute Gasteiger partial charge is 0.403 e. The Morgan fingerprint density at radius 2 is 2.00 bits per heavy atom. The number of aryl methyl sites for hydroxylation is 1. The van der Waals surface area contributed by atoms with Gasteiger partial charge in [0.1, 0.15) is 0 Å². The predicted molar refractivity (Wildman–Crippen MR) is 54.9 cm³/mol. The Morgan fingerprint density at radius 3 is 2.50 bits per heavy atom. The average Bonchev–Trinajstić information content (AvgIpc) is 2.66. The molecule has 0 radical (unpaired) electrons. The van der Waals surface area contributed by atoms with Gasteiger partial charge in [0, 0.05) is 18.0 Å². The Labute approximate surface area is 99.6 Å². The Bertz CT molecular complexity index is 562. The Hall–Kier alpha value is -2.05. The van der Waals surface area contributed by atoms with E-state index in [2.05, 4.69) is 9.72 Å². The van der Waals surface area contributed by atoms with E-state index < -0.39 is 17.9 Å². The van der Waals surface area contributed by atoms with Crippen molar-refractivity contribution in [1.29, 1.82) is 0 Å². The van der Waals surface area contributed by atoms with Crippen LogP contribution < -0.4 is 4.74 Å². The van der Waals surface area contributed by atoms with Crippen molar-refractivity contribution in [2.75, 3.05) is 0 Å². The van der Waals surface area contributed by atoms with E-state index in [0.717, 1.165) is 12.1 Å². The van der Waals surface area contributed by atoms with Crippen molar-refractivity contribution in [2.45, 2.75) is 13.3 Å². The second kappa shape index (κ2) is 4.32. The first-order chi connectivity index (χ1) is 8.35. The molecule has 0 saturated carbocycles. The molecule has 18 heavy (non-hydrogen) atoms. The molecule has 0 aliphatic carbocycles. The molecule has 1 aromatic carbocycles. The minimum absolute atomic E-state index is 0.364. The fourth-order valence-electron chi connectivity index (χ4n) is 1.42. The summed E-state index contributed by atoms with van der Waals surface area (Å²) in [5, 5.41) is 0. The quantitative estimate of drug-likeness (QED) is 0.775. The molecule has 0 saturated heterocycles. The van der Waals surface area contributed by atoms with Gasteiger partial charge in [-0.25, -0.2) is 9.37 Å². The lowest BCUT2D eigenvalue weighted by Crippen LogP contribution is -2.18. The summed E-state index contributed by atoms with van der Waals surface area (Å²) in [6.07, 6.45) is -1.85. The van der Waals surface area contributed by atoms with Crippen LogP contribution in [0.1, 0.15) is 5.69 Å². The van der Waals surface area contributed by atoms with E-state index in [4.69, 9.17) is 0 Å². The molecular formula is C11H8F4N2O. The van der Waals surface area contributed by atoms with Gasteiger partial charge in [0.05, 0.1) is 12.0 Å². The number of hydrogen-bond acceptors (Lipinski definition) is 2. The SMILES string of the molecule is Cc1cn(-c2ccc(OC(F)(F)F)c(F)c2)cn1. The van der Waals surface area contributed by atoms with Gasteiger partial charge in [-0.05, 0) is 19.1 Å². The molecule has 0 amide bonds. The van der Waals surface area contributed by atoms with Crippen LogP contribution in [0, 0.1) is 12.7 Å². The lowest BCUT2D eigenvalue weighted by atomic mass is 10.3. The molecule has 96 valence electrons. The largest absolute Gasteiger partial charge is 0.573 e. The van der Waals surface area contributed by atoms with Crippen LogP contribution in [0.25, 0.3) is 5.69 Å². The van der Waals surface area contributed by atoms with Crippen LogP contribution in [0.2, 0.25) is 0 Å². The number of halogens is 4. The number of ether oxygens (including phenoxy) is 1. The van der Waals surface area contributed by atoms with E-state index in [1.54, 1.807) is 13.1 Å². The zero-order valence-electron chi connectivity index (χ0n) is 9.20. The molecule has 2 rings (SSSR count). The summed E-state index contributed by atoms with van der Waals surface area (Å²) in [4.78, 5) is 3.93. The van der Waals surface area contributed by atoms with Crippen LogP contribution in [0.5, 0.6) is 5.75 Å². The van der Waals surface area contributed by atoms with Crippen LogP contribution in [-0.2, 0) is 0 Å². The van der Waals surface area contributed by atoms with Crippen molar-refractivity contribution in [3.05, 3.63) is 42.2 Å². The van der Waals surface area contributed by atoms with Gasteiger partial charge < -0.3 is 9.30 Å². The number of benzene rings is 1. The zero-order chi connectivity index (χ0) is 13.3. The maximum absolute atomic E-state index is 13.4. The summed E-state index contributed by atoms with van der Waals surface area (Å²) in [6.45, 7) is 1.74. The van der Waals surface area contributed by atoms with Crippen molar-refractivity contribution >= 4 is 0 Å². The highest BCUT2D eigenvalue weighted by molar-refractivity contribution is 5.39. The van der Waals surface area contributed by atoms with Gasteiger partial charge in [0.2, 0.25) is 0 Å². The van der Waals surface area contributed by atoms with Crippen LogP contribution in [0.4, 0.5) is 17.6 Å². The predicted octanol–water partition coefficient (Wildman–Crippen LogP) is 3.22. The standard InChI is InChI=1S/C11H8F4N2O/c1-7-5-17(6-16-7)8-2-3-10(9(12)4-8)18-11(13,14)15/h2-6H,1H3. The van der Waals surface area contributed by atoms with Crippen molar-refractivity contribution < 1.29 is 22.3 Å². The lowest BCUT2D eigenvalue weighted by molar-refractivity contribution is -0.275. The third-order valence-electron chi connectivity index (χ3n) is 2.15. The molecule has 3 nitrogen and oxygen atoms in total. The maximum atomic E-state index is 13.4. The normalized spacial score (nSPS) is 11.6. The van der Waals surface area contributed by atoms with Gasteiger partial charge in [-0.15, -0.1) is 13.2 Å². The molecule has 1 heterocycles. The molecule has 0 spiro atoms. The van der Waals surface area contributed by atoms with Gasteiger partial charge in [-0.1, -0.05) is 0 Å². The highest BCUT2D eigenvalue weighted by atomic mass is 19.4. The Balaban J connectivity index is 2.30. The highest BCUT2D eigenvalue weighted by Gasteiger charge is 2.32. The zero-order valence-corrected chi connectivity index (χ0v) is 9.20. The molecule has 7 heteroatoms. The second-order valence-electron chi connectivity index (χ2n) is 3.58. The Kier molecular flexibility index (Phi) is 2.98. The number of hydrogen-bond donors (Lipinski definition) is 0. The average molecular weight is 260 g/mol. The van der Waals surface area contributed by atoms with Crippen LogP contribution in [0.3, 0.4) is 0 Å².